The van der Waals surface area contributed by atoms with Crippen LogP contribution in [0.1, 0.15) is 11.1 Å². The van der Waals surface area contributed by atoms with Gasteiger partial charge in [0.25, 0.3) is 0 Å². The quantitative estimate of drug-likeness (QED) is 0.241. The summed E-state index contributed by atoms with van der Waals surface area (Å²) in [6, 6.07) is 5.33. The fourth-order valence-electron chi connectivity index (χ4n) is 3.14. The minimum atomic E-state index is -5.92. The van der Waals surface area contributed by atoms with Gasteiger partial charge in [-0.2, -0.15) is 26.4 Å². The lowest BCUT2D eigenvalue weighted by atomic mass is 10.0. The number of rotatable bonds is 7. The Labute approximate surface area is 200 Å². The molecule has 0 bridgehead atoms. The molecule has 15 heteroatoms. The third-order valence-corrected chi connectivity index (χ3v) is 6.10. The molecule has 3 rings (SSSR count). The lowest BCUT2D eigenvalue weighted by Crippen LogP contribution is -2.33. The highest BCUT2D eigenvalue weighted by molar-refractivity contribution is 7.92. The third kappa shape index (κ3) is 5.84. The van der Waals surface area contributed by atoms with Gasteiger partial charge in [0.15, 0.2) is 5.82 Å². The number of nitrogens with one attached hydrogen (secondary N) is 1. The summed E-state index contributed by atoms with van der Waals surface area (Å²) in [5.41, 5.74) is -2.34. The van der Waals surface area contributed by atoms with Crippen LogP contribution >= 0.6 is 0 Å². The average Bonchev–Trinajstić information content (AvgIpc) is 2.79. The van der Waals surface area contributed by atoms with E-state index in [1.165, 1.54) is 13.2 Å². The van der Waals surface area contributed by atoms with E-state index in [0.717, 1.165) is 24.5 Å². The van der Waals surface area contributed by atoms with E-state index >= 15 is 0 Å². The highest BCUT2D eigenvalue weighted by Gasteiger charge is 2.58. The van der Waals surface area contributed by atoms with Crippen LogP contribution in [0.15, 0.2) is 47.1 Å². The zero-order chi connectivity index (χ0) is 26.9. The van der Waals surface area contributed by atoms with E-state index in [2.05, 4.69) is 19.8 Å². The molecule has 0 spiro atoms. The molecule has 3 aromatic rings. The number of benzene rings is 2. The molecule has 0 radical (unpaired) electrons. The Morgan fingerprint density at radius 2 is 1.81 bits per heavy atom. The highest BCUT2D eigenvalue weighted by atomic mass is 32.2. The number of hydrogen-bond donors (Lipinski definition) is 2. The topological polar surface area (TPSA) is 102 Å². The van der Waals surface area contributed by atoms with Crippen LogP contribution in [-0.2, 0) is 21.4 Å². The van der Waals surface area contributed by atoms with Crippen molar-refractivity contribution >= 4 is 21.4 Å². The fourth-order valence-corrected chi connectivity index (χ4v) is 4.00. The summed E-state index contributed by atoms with van der Waals surface area (Å²) in [5, 5.41) is 2.44. The van der Waals surface area contributed by atoms with E-state index in [1.54, 1.807) is 0 Å². The van der Waals surface area contributed by atoms with E-state index in [9.17, 15) is 34.9 Å². The number of alkyl halides is 5. The average molecular weight is 537 g/mol. The van der Waals surface area contributed by atoms with Gasteiger partial charge in [0, 0.05) is 29.1 Å². The summed E-state index contributed by atoms with van der Waals surface area (Å²) < 4.78 is 116. The Morgan fingerprint density at radius 1 is 1.11 bits per heavy atom. The number of halogens is 7. The molecule has 36 heavy (non-hydrogen) atoms. The van der Waals surface area contributed by atoms with Crippen LogP contribution in [0.3, 0.4) is 0 Å². The molecule has 0 fully saturated rings. The maximum absolute atomic E-state index is 14.5. The van der Waals surface area contributed by atoms with Crippen molar-refractivity contribution < 1.29 is 39.7 Å². The van der Waals surface area contributed by atoms with Crippen LogP contribution < -0.4 is 15.9 Å². The molecular weight excluding hydrogens is 519 g/mol. The van der Waals surface area contributed by atoms with Gasteiger partial charge in [0.2, 0.25) is 5.95 Å². The van der Waals surface area contributed by atoms with Gasteiger partial charge in [-0.25, -0.2) is 28.8 Å². The summed E-state index contributed by atoms with van der Waals surface area (Å²) in [7, 11) is -1.93. The molecule has 0 aliphatic rings. The van der Waals surface area contributed by atoms with E-state index < -0.39 is 50.7 Å². The standard InChI is InChI=1S/C21H18F7N5O2S/c1-35-17-8-13(22)3-4-15(17)18-16(23)9-30-19(32-18)31-14-6-11(10-36(2,34)33-29)5-12(7-14)20(24,25)21(26,27)28/h3-9H,10,29H2,1-2H3,(H,30,31,32). The first kappa shape index (κ1) is 27.1. The van der Waals surface area contributed by atoms with Crippen molar-refractivity contribution in [1.82, 2.24) is 9.97 Å². The lowest BCUT2D eigenvalue weighted by molar-refractivity contribution is -0.289. The second-order valence-corrected chi connectivity index (χ2v) is 9.98. The molecule has 0 amide bonds. The van der Waals surface area contributed by atoms with Crippen molar-refractivity contribution in [2.24, 2.45) is 10.3 Å². The minimum Gasteiger partial charge on any atom is -0.496 e. The molecule has 0 aliphatic carbocycles. The zero-order valence-electron chi connectivity index (χ0n) is 18.5. The Balaban J connectivity index is 2.10. The van der Waals surface area contributed by atoms with E-state index in [1.807, 2.05) is 0 Å². The number of nitrogens with two attached hydrogens (primary N) is 1. The summed E-state index contributed by atoms with van der Waals surface area (Å²) in [4.78, 5) is 7.61. The van der Waals surface area contributed by atoms with Crippen molar-refractivity contribution in [1.29, 1.82) is 0 Å². The molecule has 2 aromatic carbocycles. The van der Waals surface area contributed by atoms with Crippen LogP contribution in [0.4, 0.5) is 42.4 Å². The number of nitrogens with zero attached hydrogens (tertiary/aromatic N) is 3. The van der Waals surface area contributed by atoms with Crippen molar-refractivity contribution in [3.05, 3.63) is 65.4 Å². The Kier molecular flexibility index (Phi) is 7.45. The maximum Gasteiger partial charge on any atom is 0.458 e. The molecule has 1 atom stereocenters. The molecule has 0 saturated carbocycles. The molecule has 1 aromatic heterocycles. The van der Waals surface area contributed by atoms with Crippen LogP contribution in [-0.4, -0.2) is 33.7 Å². The van der Waals surface area contributed by atoms with Gasteiger partial charge in [0.05, 0.1) is 28.8 Å². The second-order valence-electron chi connectivity index (χ2n) is 7.56. The Bertz CT molecular complexity index is 1410. The van der Waals surface area contributed by atoms with Gasteiger partial charge in [-0.05, 0) is 35.9 Å². The number of hydrogen-bond acceptors (Lipinski definition) is 6. The molecule has 0 saturated heterocycles. The van der Waals surface area contributed by atoms with Crippen LogP contribution in [0.25, 0.3) is 11.3 Å². The van der Waals surface area contributed by atoms with Crippen LogP contribution in [0.5, 0.6) is 5.75 Å². The summed E-state index contributed by atoms with van der Waals surface area (Å²) in [5.74, 6) is -2.84. The minimum absolute atomic E-state index is 0.0233. The Hall–Kier alpha value is -3.46. The maximum atomic E-state index is 14.5. The molecule has 7 nitrogen and oxygen atoms in total. The Morgan fingerprint density at radius 3 is 2.42 bits per heavy atom. The van der Waals surface area contributed by atoms with Crippen molar-refractivity contribution in [3.63, 3.8) is 0 Å². The van der Waals surface area contributed by atoms with E-state index in [4.69, 9.17) is 10.6 Å². The number of methoxy groups -OCH3 is 1. The third-order valence-electron chi connectivity index (χ3n) is 4.79. The normalized spacial score (nSPS) is 13.7. The van der Waals surface area contributed by atoms with Crippen molar-refractivity contribution in [2.75, 3.05) is 18.7 Å². The zero-order valence-corrected chi connectivity index (χ0v) is 19.4. The molecule has 1 unspecified atom stereocenters. The molecule has 194 valence electrons. The fraction of sp³-hybridized carbons (Fsp3) is 0.238. The van der Waals surface area contributed by atoms with Gasteiger partial charge in [-0.1, -0.05) is 0 Å². The number of aromatic nitrogens is 2. The molecule has 1 heterocycles. The van der Waals surface area contributed by atoms with Gasteiger partial charge >= 0.3 is 12.1 Å². The first-order valence-corrected chi connectivity index (χ1v) is 11.9. The van der Waals surface area contributed by atoms with Crippen molar-refractivity contribution in [3.8, 4) is 17.0 Å². The van der Waals surface area contributed by atoms with Crippen molar-refractivity contribution in [2.45, 2.75) is 17.9 Å². The second kappa shape index (κ2) is 9.89. The molecule has 0 aliphatic heterocycles. The number of anilines is 2. The highest BCUT2D eigenvalue weighted by Crippen LogP contribution is 2.45. The SMILES string of the molecule is COc1cc(F)ccc1-c1nc(Nc2cc(CS(C)(=O)=NN)cc(C(F)(F)C(F)(F)F)c2)ncc1F. The molecule has 3 N–H and O–H groups in total. The van der Waals surface area contributed by atoms with Gasteiger partial charge in [-0.3, -0.25) is 0 Å². The van der Waals surface area contributed by atoms with Crippen LogP contribution in [0, 0.1) is 11.6 Å². The monoisotopic (exact) mass is 537 g/mol. The largest absolute Gasteiger partial charge is 0.496 e. The van der Waals surface area contributed by atoms with Gasteiger partial charge in [-0.15, -0.1) is 0 Å². The summed E-state index contributed by atoms with van der Waals surface area (Å²) in [6.45, 7) is 0. The van der Waals surface area contributed by atoms with E-state index in [-0.39, 0.29) is 28.3 Å². The first-order valence-electron chi connectivity index (χ1n) is 9.78. The number of ether oxygens (including phenoxy) is 1. The predicted molar refractivity (Wildman–Crippen MR) is 118 cm³/mol. The smallest absolute Gasteiger partial charge is 0.458 e. The lowest BCUT2D eigenvalue weighted by Gasteiger charge is -2.21. The van der Waals surface area contributed by atoms with Crippen LogP contribution in [0.2, 0.25) is 0 Å². The van der Waals surface area contributed by atoms with E-state index in [0.29, 0.717) is 18.3 Å². The van der Waals surface area contributed by atoms with Gasteiger partial charge < -0.3 is 10.1 Å². The predicted octanol–water partition coefficient (Wildman–Crippen LogP) is 5.30. The summed E-state index contributed by atoms with van der Waals surface area (Å²) in [6.07, 6.45) is -4.11. The van der Waals surface area contributed by atoms with Gasteiger partial charge in [0.1, 0.15) is 17.3 Å². The molecular formula is C21H18F7N5O2S. The first-order chi connectivity index (χ1) is 16.7. The summed E-state index contributed by atoms with van der Waals surface area (Å²) >= 11 is 0.